The van der Waals surface area contributed by atoms with Crippen LogP contribution >= 0.6 is 0 Å². The van der Waals surface area contributed by atoms with Crippen LogP contribution in [-0.4, -0.2) is 28.7 Å². The molecular weight excluding hydrogens is 252 g/mol. The lowest BCUT2D eigenvalue weighted by Gasteiger charge is -2.31. The maximum absolute atomic E-state index is 12.2. The van der Waals surface area contributed by atoms with Crippen LogP contribution in [0.15, 0.2) is 12.1 Å². The van der Waals surface area contributed by atoms with Crippen molar-refractivity contribution >= 4 is 11.7 Å². The predicted molar refractivity (Wildman–Crippen MR) is 79.6 cm³/mol. The number of nitrogens with one attached hydrogen (secondary N) is 2. The van der Waals surface area contributed by atoms with Crippen molar-refractivity contribution in [1.29, 1.82) is 0 Å². The molecule has 2 rings (SSSR count). The number of hydrogen-bond acceptors (Lipinski definition) is 4. The summed E-state index contributed by atoms with van der Waals surface area (Å²) in [5, 5.41) is 14.1. The first-order valence-electron chi connectivity index (χ1n) is 7.47. The monoisotopic (exact) mass is 276 g/mol. The number of carbonyl (C=O) groups is 1. The number of carbonyl (C=O) groups excluding carboxylic acids is 1. The molecule has 110 valence electrons. The number of nitrogens with zero attached hydrogens (tertiary/aromatic N) is 2. The molecule has 1 aromatic rings. The van der Waals surface area contributed by atoms with E-state index in [4.69, 9.17) is 0 Å². The summed E-state index contributed by atoms with van der Waals surface area (Å²) in [5.74, 6) is 1.92. The van der Waals surface area contributed by atoms with E-state index in [0.717, 1.165) is 19.4 Å². The number of amides is 1. The van der Waals surface area contributed by atoms with Gasteiger partial charge < -0.3 is 10.6 Å². The van der Waals surface area contributed by atoms with E-state index >= 15 is 0 Å². The van der Waals surface area contributed by atoms with E-state index in [9.17, 15) is 4.79 Å². The van der Waals surface area contributed by atoms with Crippen LogP contribution in [0.3, 0.4) is 0 Å². The summed E-state index contributed by atoms with van der Waals surface area (Å²) >= 11 is 0. The van der Waals surface area contributed by atoms with E-state index in [0.29, 0.717) is 23.3 Å². The first kappa shape index (κ1) is 14.8. The van der Waals surface area contributed by atoms with Crippen molar-refractivity contribution in [2.75, 3.05) is 11.9 Å². The molecule has 0 aliphatic heterocycles. The van der Waals surface area contributed by atoms with Crippen LogP contribution in [0.2, 0.25) is 0 Å². The fourth-order valence-electron chi connectivity index (χ4n) is 3.05. The van der Waals surface area contributed by atoms with Crippen molar-refractivity contribution in [3.8, 4) is 0 Å². The first-order valence-corrected chi connectivity index (χ1v) is 7.47. The molecule has 1 saturated carbocycles. The topological polar surface area (TPSA) is 66.9 Å². The molecule has 0 spiro atoms. The van der Waals surface area contributed by atoms with Crippen LogP contribution < -0.4 is 10.6 Å². The molecule has 0 aromatic carbocycles. The summed E-state index contributed by atoms with van der Waals surface area (Å²) < 4.78 is 0. The smallest absolute Gasteiger partial charge is 0.272 e. The number of anilines is 1. The second-order valence-electron chi connectivity index (χ2n) is 5.92. The highest BCUT2D eigenvalue weighted by molar-refractivity contribution is 5.92. The second kappa shape index (κ2) is 6.68. The van der Waals surface area contributed by atoms with Crippen molar-refractivity contribution in [2.24, 2.45) is 11.8 Å². The SMILES string of the molecule is CCNc1ccc(C(=O)NC2CC(C)CC(C)C2)nn1. The Hall–Kier alpha value is -1.65. The molecule has 1 heterocycles. The summed E-state index contributed by atoms with van der Waals surface area (Å²) in [4.78, 5) is 12.2. The third kappa shape index (κ3) is 3.92. The van der Waals surface area contributed by atoms with Crippen LogP contribution in [-0.2, 0) is 0 Å². The Bertz CT molecular complexity index is 436. The summed E-state index contributed by atoms with van der Waals surface area (Å²) in [6.45, 7) is 7.28. The lowest BCUT2D eigenvalue weighted by Crippen LogP contribution is -2.40. The zero-order valence-electron chi connectivity index (χ0n) is 12.5. The minimum atomic E-state index is -0.119. The predicted octanol–water partition coefficient (Wildman–Crippen LogP) is 2.46. The molecule has 1 aliphatic carbocycles. The van der Waals surface area contributed by atoms with Gasteiger partial charge in [0.1, 0.15) is 5.82 Å². The quantitative estimate of drug-likeness (QED) is 0.886. The largest absolute Gasteiger partial charge is 0.369 e. The molecule has 1 fully saturated rings. The lowest BCUT2D eigenvalue weighted by molar-refractivity contribution is 0.0905. The molecular formula is C15H24N4O. The molecule has 1 amide bonds. The zero-order chi connectivity index (χ0) is 14.5. The molecule has 1 aliphatic rings. The average Bonchev–Trinajstić information content (AvgIpc) is 2.38. The van der Waals surface area contributed by atoms with E-state index < -0.39 is 0 Å². The van der Waals surface area contributed by atoms with Crippen molar-refractivity contribution in [2.45, 2.75) is 46.1 Å². The molecule has 2 atom stereocenters. The summed E-state index contributed by atoms with van der Waals surface area (Å²) in [6.07, 6.45) is 3.36. The number of rotatable bonds is 4. The van der Waals surface area contributed by atoms with Gasteiger partial charge in [0.05, 0.1) is 0 Å². The van der Waals surface area contributed by atoms with E-state index in [2.05, 4.69) is 34.7 Å². The Labute approximate surface area is 120 Å². The number of aromatic nitrogens is 2. The van der Waals surface area contributed by atoms with E-state index in [1.54, 1.807) is 12.1 Å². The molecule has 5 heteroatoms. The fourth-order valence-corrected chi connectivity index (χ4v) is 3.05. The fraction of sp³-hybridized carbons (Fsp3) is 0.667. The van der Waals surface area contributed by atoms with Gasteiger partial charge in [0.25, 0.3) is 5.91 Å². The van der Waals surface area contributed by atoms with E-state index in [1.165, 1.54) is 6.42 Å². The Morgan fingerprint density at radius 1 is 1.20 bits per heavy atom. The van der Waals surface area contributed by atoms with Gasteiger partial charge in [-0.3, -0.25) is 4.79 Å². The normalized spacial score (nSPS) is 26.1. The Kier molecular flexibility index (Phi) is 4.93. The minimum Gasteiger partial charge on any atom is -0.369 e. The van der Waals surface area contributed by atoms with Crippen molar-refractivity contribution in [1.82, 2.24) is 15.5 Å². The second-order valence-corrected chi connectivity index (χ2v) is 5.92. The van der Waals surface area contributed by atoms with Gasteiger partial charge in [-0.15, -0.1) is 10.2 Å². The first-order chi connectivity index (χ1) is 9.58. The van der Waals surface area contributed by atoms with Gasteiger partial charge in [-0.2, -0.15) is 0 Å². The minimum absolute atomic E-state index is 0.119. The standard InChI is InChI=1S/C15H24N4O/c1-4-16-14-6-5-13(18-19-14)15(20)17-12-8-10(2)7-11(3)9-12/h5-6,10-12H,4,7-9H2,1-3H3,(H,16,19)(H,17,20). The Balaban J connectivity index is 1.93. The third-order valence-electron chi connectivity index (χ3n) is 3.77. The van der Waals surface area contributed by atoms with Crippen LogP contribution in [0.25, 0.3) is 0 Å². The molecule has 2 N–H and O–H groups in total. The van der Waals surface area contributed by atoms with Gasteiger partial charge in [-0.25, -0.2) is 0 Å². The van der Waals surface area contributed by atoms with Crippen LogP contribution in [0.4, 0.5) is 5.82 Å². The van der Waals surface area contributed by atoms with Gasteiger partial charge >= 0.3 is 0 Å². The highest BCUT2D eigenvalue weighted by Gasteiger charge is 2.25. The van der Waals surface area contributed by atoms with E-state index in [-0.39, 0.29) is 11.9 Å². The van der Waals surface area contributed by atoms with Crippen LogP contribution in [0.5, 0.6) is 0 Å². The third-order valence-corrected chi connectivity index (χ3v) is 3.77. The Morgan fingerprint density at radius 2 is 1.90 bits per heavy atom. The maximum atomic E-state index is 12.2. The van der Waals surface area contributed by atoms with Crippen LogP contribution in [0, 0.1) is 11.8 Å². The zero-order valence-corrected chi connectivity index (χ0v) is 12.5. The summed E-state index contributed by atoms with van der Waals surface area (Å²) in [7, 11) is 0. The Morgan fingerprint density at radius 3 is 2.45 bits per heavy atom. The summed E-state index contributed by atoms with van der Waals surface area (Å²) in [5.41, 5.74) is 0.387. The molecule has 5 nitrogen and oxygen atoms in total. The molecule has 20 heavy (non-hydrogen) atoms. The van der Waals surface area contributed by atoms with Gasteiger partial charge in [-0.1, -0.05) is 13.8 Å². The summed E-state index contributed by atoms with van der Waals surface area (Å²) in [6, 6.07) is 3.77. The molecule has 0 bridgehead atoms. The van der Waals surface area contributed by atoms with Gasteiger partial charge in [0.15, 0.2) is 5.69 Å². The molecule has 0 saturated heterocycles. The van der Waals surface area contributed by atoms with Crippen LogP contribution in [0.1, 0.15) is 50.5 Å². The van der Waals surface area contributed by atoms with Gasteiger partial charge in [0.2, 0.25) is 0 Å². The molecule has 2 unspecified atom stereocenters. The van der Waals surface area contributed by atoms with Gasteiger partial charge in [-0.05, 0) is 50.2 Å². The maximum Gasteiger partial charge on any atom is 0.272 e. The van der Waals surface area contributed by atoms with Gasteiger partial charge in [0, 0.05) is 12.6 Å². The molecule has 1 aromatic heterocycles. The average molecular weight is 276 g/mol. The highest BCUT2D eigenvalue weighted by atomic mass is 16.2. The highest BCUT2D eigenvalue weighted by Crippen LogP contribution is 2.28. The van der Waals surface area contributed by atoms with Crippen molar-refractivity contribution < 1.29 is 4.79 Å². The lowest BCUT2D eigenvalue weighted by atomic mass is 9.80. The number of hydrogen-bond donors (Lipinski definition) is 2. The molecule has 0 radical (unpaired) electrons. The van der Waals surface area contributed by atoms with Crippen molar-refractivity contribution in [3.05, 3.63) is 17.8 Å². The van der Waals surface area contributed by atoms with E-state index in [1.807, 2.05) is 6.92 Å². The van der Waals surface area contributed by atoms with Crippen molar-refractivity contribution in [3.63, 3.8) is 0 Å².